The van der Waals surface area contributed by atoms with E-state index in [4.69, 9.17) is 0 Å². The lowest BCUT2D eigenvalue weighted by Gasteiger charge is -2.22. The van der Waals surface area contributed by atoms with E-state index in [1.54, 1.807) is 24.3 Å². The van der Waals surface area contributed by atoms with Gasteiger partial charge in [0.25, 0.3) is 5.91 Å². The zero-order valence-corrected chi connectivity index (χ0v) is 17.3. The maximum absolute atomic E-state index is 14.2. The second-order valence-corrected chi connectivity index (χ2v) is 7.56. The maximum atomic E-state index is 14.2. The number of halogens is 2. The lowest BCUT2D eigenvalue weighted by Crippen LogP contribution is -2.30. The van der Waals surface area contributed by atoms with Crippen LogP contribution in [0.15, 0.2) is 42.5 Å². The van der Waals surface area contributed by atoms with Crippen molar-refractivity contribution in [3.05, 3.63) is 68.8 Å². The van der Waals surface area contributed by atoms with Gasteiger partial charge in [-0.3, -0.25) is 9.89 Å². The number of nitrogens with one attached hydrogen (secondary N) is 2. The summed E-state index contributed by atoms with van der Waals surface area (Å²) in [5.74, 6) is -0.304. The first-order chi connectivity index (χ1) is 12.3. The number of aromatic amines is 1. The highest BCUT2D eigenvalue weighted by Gasteiger charge is 2.20. The number of hydrogen-bond acceptors (Lipinski definition) is 2. The van der Waals surface area contributed by atoms with E-state index in [0.717, 1.165) is 15.0 Å². The van der Waals surface area contributed by atoms with Crippen LogP contribution in [0.5, 0.6) is 0 Å². The van der Waals surface area contributed by atoms with Crippen LogP contribution in [0.3, 0.4) is 0 Å². The van der Waals surface area contributed by atoms with E-state index in [-0.39, 0.29) is 11.7 Å². The molecule has 1 atom stereocenters. The van der Waals surface area contributed by atoms with Gasteiger partial charge in [0.2, 0.25) is 0 Å². The molecule has 0 saturated carbocycles. The van der Waals surface area contributed by atoms with Crippen molar-refractivity contribution < 1.29 is 9.18 Å². The molecule has 2 aromatic rings. The first-order valence-corrected chi connectivity index (χ1v) is 9.51. The average Bonchev–Trinajstić information content (AvgIpc) is 2.90. The first kappa shape index (κ1) is 20.4. The van der Waals surface area contributed by atoms with Crippen LogP contribution in [0.4, 0.5) is 4.39 Å². The molecule has 0 aliphatic rings. The summed E-state index contributed by atoms with van der Waals surface area (Å²) in [5, 5.41) is 9.97. The van der Waals surface area contributed by atoms with E-state index in [1.807, 2.05) is 20.8 Å². The van der Waals surface area contributed by atoms with Gasteiger partial charge in [0.15, 0.2) is 0 Å². The largest absolute Gasteiger partial charge is 0.345 e. The molecule has 1 amide bonds. The van der Waals surface area contributed by atoms with Gasteiger partial charge in [-0.25, -0.2) is 4.39 Å². The second kappa shape index (κ2) is 9.12. The number of amides is 1. The minimum atomic E-state index is -0.406. The van der Waals surface area contributed by atoms with Gasteiger partial charge in [-0.05, 0) is 54.0 Å². The Bertz CT molecular complexity index is 807. The molecule has 0 spiro atoms. The lowest BCUT2D eigenvalue weighted by molar-refractivity contribution is -0.117. The van der Waals surface area contributed by atoms with Crippen molar-refractivity contribution in [3.63, 3.8) is 0 Å². The third-order valence-corrected chi connectivity index (χ3v) is 4.85. The van der Waals surface area contributed by atoms with Crippen LogP contribution in [0.25, 0.3) is 6.08 Å². The van der Waals surface area contributed by atoms with E-state index in [9.17, 15) is 9.18 Å². The minimum absolute atomic E-state index is 0.287. The van der Waals surface area contributed by atoms with Gasteiger partial charge < -0.3 is 5.32 Å². The topological polar surface area (TPSA) is 57.8 Å². The fraction of sp³-hybridized carbons (Fsp3) is 0.300. The summed E-state index contributed by atoms with van der Waals surface area (Å²) in [5.41, 5.74) is 2.63. The van der Waals surface area contributed by atoms with Crippen LogP contribution in [0.2, 0.25) is 0 Å². The third-order valence-electron chi connectivity index (χ3n) is 4.02. The second-order valence-electron chi connectivity index (χ2n) is 6.53. The van der Waals surface area contributed by atoms with Crippen molar-refractivity contribution in [1.82, 2.24) is 15.5 Å². The highest BCUT2D eigenvalue weighted by atomic mass is 127. The summed E-state index contributed by atoms with van der Waals surface area (Å²) in [6.45, 7) is 9.72. The molecule has 4 nitrogen and oxygen atoms in total. The number of H-pyrrole nitrogens is 1. The van der Waals surface area contributed by atoms with E-state index in [1.165, 1.54) is 12.1 Å². The van der Waals surface area contributed by atoms with E-state index in [0.29, 0.717) is 23.5 Å². The molecule has 0 bridgehead atoms. The number of benzene rings is 1. The smallest absolute Gasteiger partial charge is 0.251 e. The molecule has 0 fully saturated rings. The van der Waals surface area contributed by atoms with Crippen LogP contribution < -0.4 is 5.32 Å². The quantitative estimate of drug-likeness (QED) is 0.345. The SMILES string of the molecule is C=C/C(=C\c1c(I)n[nH]c1C)C(=O)N[C@@H](CC(C)C)c1ccccc1F. The number of aromatic nitrogens is 2. The van der Waals surface area contributed by atoms with E-state index in [2.05, 4.69) is 44.7 Å². The van der Waals surface area contributed by atoms with Crippen LogP contribution in [0.1, 0.15) is 43.1 Å². The number of hydrogen-bond donors (Lipinski definition) is 2. The van der Waals surface area contributed by atoms with Gasteiger partial charge in [-0.1, -0.05) is 44.7 Å². The van der Waals surface area contributed by atoms with Crippen LogP contribution in [-0.4, -0.2) is 16.1 Å². The van der Waals surface area contributed by atoms with Gasteiger partial charge in [0.05, 0.1) is 6.04 Å². The fourth-order valence-electron chi connectivity index (χ4n) is 2.68. The molecule has 0 saturated heterocycles. The number of carbonyl (C=O) groups is 1. The molecule has 26 heavy (non-hydrogen) atoms. The van der Waals surface area contributed by atoms with Crippen LogP contribution in [0, 0.1) is 22.4 Å². The van der Waals surface area contributed by atoms with Crippen LogP contribution in [-0.2, 0) is 4.79 Å². The van der Waals surface area contributed by atoms with Gasteiger partial charge in [0.1, 0.15) is 9.52 Å². The maximum Gasteiger partial charge on any atom is 0.251 e. The number of carbonyl (C=O) groups excluding carboxylic acids is 1. The predicted octanol–water partition coefficient (Wildman–Crippen LogP) is 4.93. The molecule has 138 valence electrons. The zero-order chi connectivity index (χ0) is 19.3. The zero-order valence-electron chi connectivity index (χ0n) is 15.1. The molecule has 6 heteroatoms. The van der Waals surface area contributed by atoms with Gasteiger partial charge in [-0.15, -0.1) is 0 Å². The Morgan fingerprint density at radius 3 is 2.65 bits per heavy atom. The standard InChI is InChI=1S/C20H23FIN3O/c1-5-14(11-16-13(4)24-25-19(16)22)20(26)23-18(10-12(2)3)15-8-6-7-9-17(15)21/h5-9,11-12,18H,1,10H2,2-4H3,(H,23,26)(H,24,25)/b14-11+/t18-/m0/s1. The van der Waals surface area contributed by atoms with Gasteiger partial charge >= 0.3 is 0 Å². The summed E-state index contributed by atoms with van der Waals surface area (Å²) < 4.78 is 15.0. The molecule has 0 unspecified atom stereocenters. The summed E-state index contributed by atoms with van der Waals surface area (Å²) in [7, 11) is 0. The Morgan fingerprint density at radius 1 is 1.42 bits per heavy atom. The summed E-state index contributed by atoms with van der Waals surface area (Å²) in [4.78, 5) is 12.8. The first-order valence-electron chi connectivity index (χ1n) is 8.43. The molecule has 1 aromatic carbocycles. The monoisotopic (exact) mass is 467 g/mol. The third kappa shape index (κ3) is 5.03. The Morgan fingerprint density at radius 2 is 2.12 bits per heavy atom. The Kier molecular flexibility index (Phi) is 7.14. The van der Waals surface area contributed by atoms with Crippen molar-refractivity contribution in [2.24, 2.45) is 5.92 Å². The van der Waals surface area contributed by atoms with Gasteiger partial charge in [0, 0.05) is 22.4 Å². The fourth-order valence-corrected chi connectivity index (χ4v) is 3.36. The minimum Gasteiger partial charge on any atom is -0.345 e. The number of nitrogens with zero attached hydrogens (tertiary/aromatic N) is 1. The van der Waals surface area contributed by atoms with Crippen LogP contribution >= 0.6 is 22.6 Å². The van der Waals surface area contributed by atoms with Crippen molar-refractivity contribution in [1.29, 1.82) is 0 Å². The summed E-state index contributed by atoms with van der Waals surface area (Å²) in [6, 6.07) is 6.14. The molecule has 1 aromatic heterocycles. The Hall–Kier alpha value is -1.96. The molecular weight excluding hydrogens is 444 g/mol. The Labute approximate surface area is 167 Å². The highest BCUT2D eigenvalue weighted by molar-refractivity contribution is 14.1. The van der Waals surface area contributed by atoms with Crippen molar-refractivity contribution >= 4 is 34.6 Å². The number of rotatable bonds is 7. The molecule has 2 N–H and O–H groups in total. The van der Waals surface area contributed by atoms with E-state index >= 15 is 0 Å². The molecule has 0 aliphatic carbocycles. The lowest BCUT2D eigenvalue weighted by atomic mass is 9.96. The van der Waals surface area contributed by atoms with Crippen molar-refractivity contribution in [3.8, 4) is 0 Å². The highest BCUT2D eigenvalue weighted by Crippen LogP contribution is 2.25. The van der Waals surface area contributed by atoms with Crippen molar-refractivity contribution in [2.45, 2.75) is 33.2 Å². The molecule has 0 aliphatic heterocycles. The van der Waals surface area contributed by atoms with Gasteiger partial charge in [-0.2, -0.15) is 5.10 Å². The average molecular weight is 467 g/mol. The summed E-state index contributed by atoms with van der Waals surface area (Å²) in [6.07, 6.45) is 3.89. The normalized spacial score (nSPS) is 12.9. The molecule has 2 rings (SSSR count). The predicted molar refractivity (Wildman–Crippen MR) is 111 cm³/mol. The molecular formula is C20H23FIN3O. The summed E-state index contributed by atoms with van der Waals surface area (Å²) >= 11 is 2.11. The molecule has 0 radical (unpaired) electrons. The van der Waals surface area contributed by atoms with E-state index < -0.39 is 6.04 Å². The van der Waals surface area contributed by atoms with Crippen molar-refractivity contribution in [2.75, 3.05) is 0 Å². The molecule has 1 heterocycles. The Balaban J connectivity index is 2.30. The number of aryl methyl sites for hydroxylation is 1.